The number of sulfone groups is 2. The van der Waals surface area contributed by atoms with Gasteiger partial charge in [0, 0.05) is 6.26 Å². The first-order chi connectivity index (χ1) is 11.6. The lowest BCUT2D eigenvalue weighted by molar-refractivity contribution is -0.136. The van der Waals surface area contributed by atoms with Gasteiger partial charge in [0.15, 0.2) is 24.9 Å². The van der Waals surface area contributed by atoms with Gasteiger partial charge in [-0.25, -0.2) is 16.8 Å². The fourth-order valence-corrected chi connectivity index (χ4v) is 4.78. The molecule has 0 heterocycles. The molecule has 1 N–H and O–H groups in total. The number of hydrogen-bond donors (Lipinski definition) is 1. The van der Waals surface area contributed by atoms with Crippen LogP contribution < -0.4 is 0 Å². The average Bonchev–Trinajstić information content (AvgIpc) is 2.52. The molecule has 0 saturated carbocycles. The van der Waals surface area contributed by atoms with E-state index < -0.39 is 30.9 Å². The number of carboxylic acid groups (broad SMARTS) is 1. The molecule has 0 aromatic heterocycles. The molecule has 6 nitrogen and oxygen atoms in total. The maximum absolute atomic E-state index is 12.6. The third kappa shape index (κ3) is 6.43. The van der Waals surface area contributed by atoms with Gasteiger partial charge >= 0.3 is 5.97 Å². The Morgan fingerprint density at radius 3 is 1.88 bits per heavy atom. The van der Waals surface area contributed by atoms with Crippen LogP contribution in [0.4, 0.5) is 0 Å². The molecule has 1 aromatic carbocycles. The molecular formula is C17H26O6S2. The van der Waals surface area contributed by atoms with Crippen LogP contribution in [0.2, 0.25) is 0 Å². The molecule has 0 radical (unpaired) electrons. The number of aliphatic carboxylic acids is 1. The third-order valence-corrected chi connectivity index (χ3v) is 7.29. The van der Waals surface area contributed by atoms with E-state index in [4.69, 9.17) is 0 Å². The van der Waals surface area contributed by atoms with E-state index in [1.807, 2.05) is 0 Å². The van der Waals surface area contributed by atoms with Crippen molar-refractivity contribution in [3.05, 3.63) is 24.3 Å². The van der Waals surface area contributed by atoms with Gasteiger partial charge in [0.1, 0.15) is 0 Å². The van der Waals surface area contributed by atoms with Crippen molar-refractivity contribution < 1.29 is 26.7 Å². The van der Waals surface area contributed by atoms with Gasteiger partial charge in [0.05, 0.1) is 9.79 Å². The summed E-state index contributed by atoms with van der Waals surface area (Å²) in [7, 11) is -7.49. The minimum Gasteiger partial charge on any atom is -0.480 e. The lowest BCUT2D eigenvalue weighted by Gasteiger charge is -2.14. The van der Waals surface area contributed by atoms with Crippen molar-refractivity contribution in [2.45, 2.75) is 66.9 Å². The number of unbranched alkanes of at least 4 members (excludes halogenated alkanes) is 5. The molecule has 1 aromatic rings. The van der Waals surface area contributed by atoms with E-state index in [-0.39, 0.29) is 16.2 Å². The minimum atomic E-state index is -4.05. The van der Waals surface area contributed by atoms with Crippen molar-refractivity contribution in [1.82, 2.24) is 0 Å². The quantitative estimate of drug-likeness (QED) is 0.582. The predicted octanol–water partition coefficient (Wildman–Crippen LogP) is 3.07. The maximum atomic E-state index is 12.6. The van der Waals surface area contributed by atoms with Crippen LogP contribution >= 0.6 is 0 Å². The van der Waals surface area contributed by atoms with Gasteiger partial charge in [-0.3, -0.25) is 4.79 Å². The van der Waals surface area contributed by atoms with Gasteiger partial charge in [-0.1, -0.05) is 45.4 Å². The molecule has 0 aliphatic rings. The molecule has 1 unspecified atom stereocenters. The molecule has 1 rings (SSSR count). The van der Waals surface area contributed by atoms with Gasteiger partial charge in [0.25, 0.3) is 0 Å². The number of carbonyl (C=O) groups is 1. The van der Waals surface area contributed by atoms with E-state index in [1.54, 1.807) is 0 Å². The van der Waals surface area contributed by atoms with E-state index in [0.717, 1.165) is 50.5 Å². The number of carboxylic acids is 1. The highest BCUT2D eigenvalue weighted by Crippen LogP contribution is 2.23. The van der Waals surface area contributed by atoms with Crippen molar-refractivity contribution in [2.75, 3.05) is 6.26 Å². The Balaban J connectivity index is 2.85. The smallest absolute Gasteiger partial charge is 0.322 e. The number of rotatable bonds is 11. The zero-order valence-electron chi connectivity index (χ0n) is 14.6. The van der Waals surface area contributed by atoms with E-state index in [0.29, 0.717) is 6.42 Å². The molecule has 1 atom stereocenters. The standard InChI is InChI=1S/C17H26O6S2/c1-3-4-5-6-7-8-9-16(17(18)19)25(22,23)15-12-10-14(11-13-15)24(2,20)21/h10-13,16H,3-9H2,1-2H3,(H,18,19). The molecule has 0 amide bonds. The molecule has 0 spiro atoms. The second kappa shape index (κ2) is 9.33. The summed E-state index contributed by atoms with van der Waals surface area (Å²) in [6, 6.07) is 4.68. The Labute approximate surface area is 150 Å². The summed E-state index contributed by atoms with van der Waals surface area (Å²) in [6.07, 6.45) is 6.65. The Bertz CT molecular complexity index is 764. The number of benzene rings is 1. The number of hydrogen-bond acceptors (Lipinski definition) is 5. The van der Waals surface area contributed by atoms with Crippen LogP contribution in [-0.4, -0.2) is 39.4 Å². The maximum Gasteiger partial charge on any atom is 0.322 e. The molecule has 8 heteroatoms. The minimum absolute atomic E-state index is 0.00532. The highest BCUT2D eigenvalue weighted by Gasteiger charge is 2.33. The summed E-state index contributed by atoms with van der Waals surface area (Å²) >= 11 is 0. The molecule has 0 aliphatic carbocycles. The fraction of sp³-hybridized carbons (Fsp3) is 0.588. The van der Waals surface area contributed by atoms with Crippen LogP contribution in [-0.2, 0) is 24.5 Å². The van der Waals surface area contributed by atoms with E-state index in [9.17, 15) is 26.7 Å². The Morgan fingerprint density at radius 1 is 0.920 bits per heavy atom. The first-order valence-corrected chi connectivity index (χ1v) is 11.8. The SMILES string of the molecule is CCCCCCCCC(C(=O)O)S(=O)(=O)c1ccc(S(C)(=O)=O)cc1. The van der Waals surface area contributed by atoms with Gasteiger partial charge in [-0.2, -0.15) is 0 Å². The molecule has 0 aliphatic heterocycles. The van der Waals surface area contributed by atoms with Crippen molar-refractivity contribution in [3.8, 4) is 0 Å². The van der Waals surface area contributed by atoms with Crippen LogP contribution in [0.3, 0.4) is 0 Å². The van der Waals surface area contributed by atoms with E-state index in [1.165, 1.54) is 12.1 Å². The summed E-state index contributed by atoms with van der Waals surface area (Å²) in [5.41, 5.74) is 0. The topological polar surface area (TPSA) is 106 Å². The third-order valence-electron chi connectivity index (χ3n) is 4.05. The van der Waals surface area contributed by atoms with E-state index >= 15 is 0 Å². The zero-order chi connectivity index (χ0) is 19.1. The van der Waals surface area contributed by atoms with Crippen molar-refractivity contribution in [2.24, 2.45) is 0 Å². The second-order valence-corrected chi connectivity index (χ2v) is 10.3. The lowest BCUT2D eigenvalue weighted by atomic mass is 10.1. The Morgan fingerprint density at radius 2 is 1.40 bits per heavy atom. The summed E-state index contributed by atoms with van der Waals surface area (Å²) in [4.78, 5) is 11.3. The van der Waals surface area contributed by atoms with Crippen LogP contribution in [0.1, 0.15) is 51.9 Å². The molecule has 0 fully saturated rings. The van der Waals surface area contributed by atoms with Gasteiger partial charge in [-0.15, -0.1) is 0 Å². The largest absolute Gasteiger partial charge is 0.480 e. The summed E-state index contributed by atoms with van der Waals surface area (Å²) in [5.74, 6) is -1.37. The second-order valence-electron chi connectivity index (χ2n) is 6.17. The lowest BCUT2D eigenvalue weighted by Crippen LogP contribution is -2.30. The molecule has 142 valence electrons. The van der Waals surface area contributed by atoms with E-state index in [2.05, 4.69) is 6.92 Å². The summed E-state index contributed by atoms with van der Waals surface area (Å²) in [5, 5.41) is 7.81. The van der Waals surface area contributed by atoms with Crippen molar-refractivity contribution in [3.63, 3.8) is 0 Å². The Kier molecular flexibility index (Phi) is 8.08. The van der Waals surface area contributed by atoms with Crippen LogP contribution in [0.25, 0.3) is 0 Å². The zero-order valence-corrected chi connectivity index (χ0v) is 16.3. The normalized spacial score (nSPS) is 13.5. The van der Waals surface area contributed by atoms with Crippen molar-refractivity contribution in [1.29, 1.82) is 0 Å². The average molecular weight is 391 g/mol. The van der Waals surface area contributed by atoms with Crippen LogP contribution in [0.5, 0.6) is 0 Å². The predicted molar refractivity (Wildman–Crippen MR) is 96.2 cm³/mol. The first-order valence-electron chi connectivity index (χ1n) is 8.37. The molecule has 0 saturated heterocycles. The molecule has 25 heavy (non-hydrogen) atoms. The summed E-state index contributed by atoms with van der Waals surface area (Å²) < 4.78 is 48.0. The monoisotopic (exact) mass is 390 g/mol. The first kappa shape index (κ1) is 21.6. The molecule has 0 bridgehead atoms. The van der Waals surface area contributed by atoms with Gasteiger partial charge < -0.3 is 5.11 Å². The fourth-order valence-electron chi connectivity index (χ4n) is 2.56. The van der Waals surface area contributed by atoms with Gasteiger partial charge in [0.2, 0.25) is 0 Å². The Hall–Kier alpha value is -1.41. The summed E-state index contributed by atoms with van der Waals surface area (Å²) in [6.45, 7) is 2.10. The highest BCUT2D eigenvalue weighted by molar-refractivity contribution is 7.92. The van der Waals surface area contributed by atoms with Gasteiger partial charge in [-0.05, 0) is 30.7 Å². The molecular weight excluding hydrogens is 364 g/mol. The van der Waals surface area contributed by atoms with Crippen molar-refractivity contribution >= 4 is 25.6 Å². The highest BCUT2D eigenvalue weighted by atomic mass is 32.2. The van der Waals surface area contributed by atoms with Crippen LogP contribution in [0, 0.1) is 0 Å². The van der Waals surface area contributed by atoms with Crippen LogP contribution in [0.15, 0.2) is 34.1 Å².